The van der Waals surface area contributed by atoms with Crippen molar-refractivity contribution in [3.8, 4) is 0 Å². The molecule has 110 valence electrons. The standard InChI is InChI=1S/C14H20N2O3S/c1-14(2,3)20(18,19)10-9-16-13(17)7-6-12-5-4-8-15-11-12/h4-8,11H,9-10H2,1-3H3,(H,16,17). The van der Waals surface area contributed by atoms with E-state index in [1.807, 2.05) is 6.07 Å². The van der Waals surface area contributed by atoms with Gasteiger partial charge in [-0.3, -0.25) is 9.78 Å². The third kappa shape index (κ3) is 5.13. The van der Waals surface area contributed by atoms with E-state index in [0.29, 0.717) is 0 Å². The summed E-state index contributed by atoms with van der Waals surface area (Å²) in [6.45, 7) is 5.04. The predicted molar refractivity (Wildman–Crippen MR) is 79.8 cm³/mol. The quantitative estimate of drug-likeness (QED) is 0.834. The van der Waals surface area contributed by atoms with Crippen molar-refractivity contribution in [3.63, 3.8) is 0 Å². The number of hydrogen-bond donors (Lipinski definition) is 1. The van der Waals surface area contributed by atoms with E-state index in [1.165, 1.54) is 6.08 Å². The fraction of sp³-hybridized carbons (Fsp3) is 0.429. The Balaban J connectivity index is 2.44. The van der Waals surface area contributed by atoms with Crippen molar-refractivity contribution in [3.05, 3.63) is 36.2 Å². The molecule has 0 saturated carbocycles. The van der Waals surface area contributed by atoms with Crippen LogP contribution in [0.25, 0.3) is 6.08 Å². The second kappa shape index (κ2) is 6.65. The Morgan fingerprint density at radius 1 is 1.40 bits per heavy atom. The van der Waals surface area contributed by atoms with Crippen LogP contribution in [0.15, 0.2) is 30.6 Å². The number of aromatic nitrogens is 1. The number of pyridine rings is 1. The van der Waals surface area contributed by atoms with Crippen LogP contribution in [0.3, 0.4) is 0 Å². The zero-order chi connectivity index (χ0) is 15.2. The van der Waals surface area contributed by atoms with Crippen LogP contribution in [0.2, 0.25) is 0 Å². The van der Waals surface area contributed by atoms with E-state index in [9.17, 15) is 13.2 Å². The van der Waals surface area contributed by atoms with Crippen molar-refractivity contribution in [2.24, 2.45) is 0 Å². The van der Waals surface area contributed by atoms with E-state index in [4.69, 9.17) is 0 Å². The van der Waals surface area contributed by atoms with Crippen LogP contribution >= 0.6 is 0 Å². The van der Waals surface area contributed by atoms with E-state index in [-0.39, 0.29) is 18.2 Å². The van der Waals surface area contributed by atoms with Crippen molar-refractivity contribution in [1.82, 2.24) is 10.3 Å². The molecule has 0 aromatic carbocycles. The highest BCUT2D eigenvalue weighted by Crippen LogP contribution is 2.15. The smallest absolute Gasteiger partial charge is 0.244 e. The second-order valence-corrected chi connectivity index (χ2v) is 8.20. The molecule has 1 aromatic rings. The van der Waals surface area contributed by atoms with E-state index in [2.05, 4.69) is 10.3 Å². The highest BCUT2D eigenvalue weighted by atomic mass is 32.2. The molecule has 6 heteroatoms. The molecule has 1 rings (SSSR count). The molecule has 0 aliphatic heterocycles. The lowest BCUT2D eigenvalue weighted by Gasteiger charge is -2.18. The summed E-state index contributed by atoms with van der Waals surface area (Å²) < 4.78 is 22.9. The maximum absolute atomic E-state index is 11.8. The molecule has 5 nitrogen and oxygen atoms in total. The first-order chi connectivity index (χ1) is 9.22. The zero-order valence-electron chi connectivity index (χ0n) is 12.0. The summed E-state index contributed by atoms with van der Waals surface area (Å²) in [5.74, 6) is -0.388. The van der Waals surface area contributed by atoms with Gasteiger partial charge in [-0.15, -0.1) is 0 Å². The van der Waals surface area contributed by atoms with Gasteiger partial charge >= 0.3 is 0 Å². The number of nitrogens with zero attached hydrogens (tertiary/aromatic N) is 1. The first-order valence-electron chi connectivity index (χ1n) is 6.30. The largest absolute Gasteiger partial charge is 0.352 e. The Bertz CT molecular complexity index is 572. The molecule has 0 aliphatic carbocycles. The minimum Gasteiger partial charge on any atom is -0.352 e. The van der Waals surface area contributed by atoms with Crippen molar-refractivity contribution >= 4 is 21.8 Å². The number of carbonyl (C=O) groups is 1. The Morgan fingerprint density at radius 2 is 2.10 bits per heavy atom. The summed E-state index contributed by atoms with van der Waals surface area (Å²) in [7, 11) is -3.21. The molecule has 0 fully saturated rings. The number of hydrogen-bond acceptors (Lipinski definition) is 4. The SMILES string of the molecule is CC(C)(C)S(=O)(=O)CCNC(=O)C=Cc1cccnc1. The van der Waals surface area contributed by atoms with Gasteiger partial charge < -0.3 is 5.32 Å². The summed E-state index contributed by atoms with van der Waals surface area (Å²) in [4.78, 5) is 15.5. The molecule has 0 radical (unpaired) electrons. The summed E-state index contributed by atoms with van der Waals surface area (Å²) in [5, 5.41) is 2.56. The van der Waals surface area contributed by atoms with Crippen molar-refractivity contribution < 1.29 is 13.2 Å². The summed E-state index contributed by atoms with van der Waals surface area (Å²) in [5.41, 5.74) is 0.810. The van der Waals surface area contributed by atoms with Gasteiger partial charge in [-0.05, 0) is 38.5 Å². The molecular formula is C14H20N2O3S. The highest BCUT2D eigenvalue weighted by molar-refractivity contribution is 7.92. The van der Waals surface area contributed by atoms with E-state index < -0.39 is 14.6 Å². The number of rotatable bonds is 5. The van der Waals surface area contributed by atoms with E-state index in [1.54, 1.807) is 45.3 Å². The fourth-order valence-electron chi connectivity index (χ4n) is 1.32. The maximum atomic E-state index is 11.8. The van der Waals surface area contributed by atoms with Gasteiger partial charge in [-0.25, -0.2) is 8.42 Å². The van der Waals surface area contributed by atoms with Crippen LogP contribution in [0, 0.1) is 0 Å². The zero-order valence-corrected chi connectivity index (χ0v) is 12.8. The Kier molecular flexibility index (Phi) is 5.44. The lowest BCUT2D eigenvalue weighted by Crippen LogP contribution is -2.36. The Hall–Kier alpha value is -1.69. The summed E-state index contributed by atoms with van der Waals surface area (Å²) in [6.07, 6.45) is 6.27. The Morgan fingerprint density at radius 3 is 2.65 bits per heavy atom. The summed E-state index contributed by atoms with van der Waals surface area (Å²) in [6, 6.07) is 3.59. The molecule has 1 N–H and O–H groups in total. The maximum Gasteiger partial charge on any atom is 0.244 e. The molecule has 1 amide bonds. The number of carbonyl (C=O) groups excluding carboxylic acids is 1. The molecule has 0 spiro atoms. The third-order valence-electron chi connectivity index (χ3n) is 2.71. The number of sulfone groups is 1. The average molecular weight is 296 g/mol. The monoisotopic (exact) mass is 296 g/mol. The first-order valence-corrected chi connectivity index (χ1v) is 7.96. The molecule has 0 aliphatic rings. The third-order valence-corrected chi connectivity index (χ3v) is 5.32. The normalized spacial score (nSPS) is 12.6. The Labute approximate surface area is 120 Å². The van der Waals surface area contributed by atoms with Crippen molar-refractivity contribution in [1.29, 1.82) is 0 Å². The second-order valence-electron chi connectivity index (χ2n) is 5.34. The molecule has 20 heavy (non-hydrogen) atoms. The first kappa shape index (κ1) is 16.4. The lowest BCUT2D eigenvalue weighted by atomic mass is 10.2. The molecule has 0 saturated heterocycles. The van der Waals surface area contributed by atoms with Gasteiger partial charge in [-0.1, -0.05) is 6.07 Å². The van der Waals surface area contributed by atoms with Gasteiger partial charge in [0.05, 0.1) is 10.5 Å². The number of amides is 1. The van der Waals surface area contributed by atoms with Crippen LogP contribution in [-0.2, 0) is 14.6 Å². The van der Waals surface area contributed by atoms with Crippen LogP contribution in [0.5, 0.6) is 0 Å². The topological polar surface area (TPSA) is 76.1 Å². The van der Waals surface area contributed by atoms with Crippen molar-refractivity contribution in [2.75, 3.05) is 12.3 Å². The molecule has 0 atom stereocenters. The van der Waals surface area contributed by atoms with Gasteiger partial charge in [0, 0.05) is 25.0 Å². The van der Waals surface area contributed by atoms with E-state index >= 15 is 0 Å². The van der Waals surface area contributed by atoms with Crippen LogP contribution in [0.4, 0.5) is 0 Å². The van der Waals surface area contributed by atoms with Gasteiger partial charge in [0.15, 0.2) is 9.84 Å². The lowest BCUT2D eigenvalue weighted by molar-refractivity contribution is -0.116. The molecule has 1 heterocycles. The minimum absolute atomic E-state index is 0.0665. The van der Waals surface area contributed by atoms with Gasteiger partial charge in [0.1, 0.15) is 0 Å². The van der Waals surface area contributed by atoms with Crippen LogP contribution in [0.1, 0.15) is 26.3 Å². The summed E-state index contributed by atoms with van der Waals surface area (Å²) >= 11 is 0. The van der Waals surface area contributed by atoms with Gasteiger partial charge in [0.2, 0.25) is 5.91 Å². The van der Waals surface area contributed by atoms with Gasteiger partial charge in [-0.2, -0.15) is 0 Å². The molecular weight excluding hydrogens is 276 g/mol. The van der Waals surface area contributed by atoms with Crippen molar-refractivity contribution in [2.45, 2.75) is 25.5 Å². The highest BCUT2D eigenvalue weighted by Gasteiger charge is 2.28. The average Bonchev–Trinajstić information content (AvgIpc) is 2.36. The van der Waals surface area contributed by atoms with Gasteiger partial charge in [0.25, 0.3) is 0 Å². The van der Waals surface area contributed by atoms with Crippen LogP contribution in [-0.4, -0.2) is 36.4 Å². The minimum atomic E-state index is -3.21. The van der Waals surface area contributed by atoms with E-state index in [0.717, 1.165) is 5.56 Å². The molecule has 1 aromatic heterocycles. The number of nitrogens with one attached hydrogen (secondary N) is 1. The molecule has 0 bridgehead atoms. The predicted octanol–water partition coefficient (Wildman–Crippen LogP) is 1.42. The van der Waals surface area contributed by atoms with Crippen LogP contribution < -0.4 is 5.32 Å². The fourth-order valence-corrected chi connectivity index (χ4v) is 2.30. The molecule has 0 unspecified atom stereocenters.